The molecular weight excluding hydrogens is 392 g/mol. The predicted octanol–water partition coefficient (Wildman–Crippen LogP) is 5.63. The fourth-order valence-corrected chi connectivity index (χ4v) is 3.46. The van der Waals surface area contributed by atoms with Gasteiger partial charge in [0.15, 0.2) is 0 Å². The van der Waals surface area contributed by atoms with Crippen LogP contribution in [0.1, 0.15) is 15.9 Å². The molecule has 0 saturated heterocycles. The summed E-state index contributed by atoms with van der Waals surface area (Å²) >= 11 is 7.33. The van der Waals surface area contributed by atoms with Gasteiger partial charge in [0.05, 0.1) is 5.75 Å². The van der Waals surface area contributed by atoms with Crippen LogP contribution in [0.15, 0.2) is 77.7 Å². The average molecular weight is 411 g/mol. The van der Waals surface area contributed by atoms with Gasteiger partial charge in [-0.1, -0.05) is 35.9 Å². The van der Waals surface area contributed by atoms with Crippen LogP contribution in [0.5, 0.6) is 0 Å². The third kappa shape index (κ3) is 5.62. The Bertz CT molecular complexity index is 990. The van der Waals surface area contributed by atoms with Crippen molar-refractivity contribution in [2.45, 2.75) is 11.8 Å². The number of halogens is 1. The van der Waals surface area contributed by atoms with Crippen LogP contribution >= 0.6 is 23.4 Å². The van der Waals surface area contributed by atoms with Crippen LogP contribution < -0.4 is 10.6 Å². The first kappa shape index (κ1) is 20.0. The molecular formula is C22H19ClN2O2S. The molecule has 28 heavy (non-hydrogen) atoms. The number of thioether (sulfide) groups is 1. The summed E-state index contributed by atoms with van der Waals surface area (Å²) in [5.74, 6) is 0.0325. The first-order valence-electron chi connectivity index (χ1n) is 8.66. The first-order chi connectivity index (χ1) is 13.5. The van der Waals surface area contributed by atoms with Gasteiger partial charge in [-0.05, 0) is 61.0 Å². The fourth-order valence-electron chi connectivity index (χ4n) is 2.57. The minimum Gasteiger partial charge on any atom is -0.325 e. The second-order valence-electron chi connectivity index (χ2n) is 6.14. The third-order valence-corrected chi connectivity index (χ3v) is 5.23. The molecule has 0 fully saturated rings. The molecule has 0 unspecified atom stereocenters. The number of hydrogen-bond acceptors (Lipinski definition) is 3. The summed E-state index contributed by atoms with van der Waals surface area (Å²) < 4.78 is 0. The van der Waals surface area contributed by atoms with Crippen LogP contribution in [0.3, 0.4) is 0 Å². The Balaban J connectivity index is 1.52. The molecule has 0 heterocycles. The summed E-state index contributed by atoms with van der Waals surface area (Å²) in [4.78, 5) is 25.4. The molecule has 3 aromatic carbocycles. The van der Waals surface area contributed by atoms with Gasteiger partial charge in [-0.3, -0.25) is 9.59 Å². The zero-order chi connectivity index (χ0) is 19.9. The lowest BCUT2D eigenvalue weighted by Gasteiger charge is -2.09. The number of nitrogens with one attached hydrogen (secondary N) is 2. The van der Waals surface area contributed by atoms with E-state index in [4.69, 9.17) is 11.6 Å². The number of amides is 2. The van der Waals surface area contributed by atoms with Crippen molar-refractivity contribution in [3.8, 4) is 0 Å². The molecule has 0 saturated carbocycles. The molecule has 3 rings (SSSR count). The monoisotopic (exact) mass is 410 g/mol. The topological polar surface area (TPSA) is 58.2 Å². The molecule has 0 radical (unpaired) electrons. The standard InChI is InChI=1S/C22H19ClN2O2S/c1-15-5-2-3-8-20(15)22(27)25-17-9-11-19(12-10-17)28-14-21(26)24-18-7-4-6-16(23)13-18/h2-13H,14H2,1H3,(H,24,26)(H,25,27). The van der Waals surface area contributed by atoms with Gasteiger partial charge in [-0.25, -0.2) is 0 Å². The van der Waals surface area contributed by atoms with E-state index in [9.17, 15) is 9.59 Å². The maximum absolute atomic E-state index is 12.4. The highest BCUT2D eigenvalue weighted by molar-refractivity contribution is 8.00. The van der Waals surface area contributed by atoms with E-state index in [0.29, 0.717) is 22.0 Å². The van der Waals surface area contributed by atoms with Crippen LogP contribution in [-0.2, 0) is 4.79 Å². The predicted molar refractivity (Wildman–Crippen MR) is 116 cm³/mol. The first-order valence-corrected chi connectivity index (χ1v) is 10.0. The van der Waals surface area contributed by atoms with Crippen LogP contribution in [0, 0.1) is 6.92 Å². The van der Waals surface area contributed by atoms with Gasteiger partial charge in [0.2, 0.25) is 5.91 Å². The molecule has 2 N–H and O–H groups in total. The summed E-state index contributed by atoms with van der Waals surface area (Å²) in [6.45, 7) is 1.91. The van der Waals surface area contributed by atoms with Gasteiger partial charge >= 0.3 is 0 Å². The summed E-state index contributed by atoms with van der Waals surface area (Å²) in [6.07, 6.45) is 0. The molecule has 0 aromatic heterocycles. The second kappa shape index (κ2) is 9.44. The average Bonchev–Trinajstić information content (AvgIpc) is 2.68. The Morgan fingerprint density at radius 1 is 0.893 bits per heavy atom. The Morgan fingerprint density at radius 3 is 2.36 bits per heavy atom. The quantitative estimate of drug-likeness (QED) is 0.517. The fraction of sp³-hybridized carbons (Fsp3) is 0.0909. The van der Waals surface area contributed by atoms with Crippen molar-refractivity contribution in [3.63, 3.8) is 0 Å². The van der Waals surface area contributed by atoms with Gasteiger partial charge in [0.1, 0.15) is 0 Å². The molecule has 0 bridgehead atoms. The van der Waals surface area contributed by atoms with Crippen molar-refractivity contribution in [3.05, 3.63) is 88.9 Å². The Hall–Kier alpha value is -2.76. The van der Waals surface area contributed by atoms with Gasteiger partial charge in [-0.2, -0.15) is 0 Å². The smallest absolute Gasteiger partial charge is 0.255 e. The number of rotatable bonds is 6. The molecule has 0 atom stereocenters. The Labute approximate surface area is 173 Å². The number of carbonyl (C=O) groups is 2. The molecule has 0 aliphatic heterocycles. The van der Waals surface area contributed by atoms with E-state index >= 15 is 0 Å². The normalized spacial score (nSPS) is 10.4. The zero-order valence-corrected chi connectivity index (χ0v) is 16.8. The van der Waals surface area contributed by atoms with E-state index in [1.165, 1.54) is 11.8 Å². The number of aryl methyl sites for hydroxylation is 1. The second-order valence-corrected chi connectivity index (χ2v) is 7.63. The molecule has 0 spiro atoms. The summed E-state index contributed by atoms with van der Waals surface area (Å²) in [5, 5.41) is 6.28. The third-order valence-electron chi connectivity index (χ3n) is 3.98. The minimum absolute atomic E-state index is 0.107. The van der Waals surface area contributed by atoms with E-state index in [-0.39, 0.29) is 17.6 Å². The minimum atomic E-state index is -0.139. The molecule has 0 aliphatic carbocycles. The van der Waals surface area contributed by atoms with Crippen molar-refractivity contribution in [2.24, 2.45) is 0 Å². The maximum atomic E-state index is 12.4. The molecule has 3 aromatic rings. The number of benzene rings is 3. The molecule has 2 amide bonds. The largest absolute Gasteiger partial charge is 0.325 e. The maximum Gasteiger partial charge on any atom is 0.255 e. The van der Waals surface area contributed by atoms with Crippen molar-refractivity contribution < 1.29 is 9.59 Å². The van der Waals surface area contributed by atoms with Crippen LogP contribution in [0.4, 0.5) is 11.4 Å². The van der Waals surface area contributed by atoms with Crippen molar-refractivity contribution in [1.82, 2.24) is 0 Å². The highest BCUT2D eigenvalue weighted by Crippen LogP contribution is 2.22. The Morgan fingerprint density at radius 2 is 1.64 bits per heavy atom. The summed E-state index contributed by atoms with van der Waals surface area (Å²) in [7, 11) is 0. The van der Waals surface area contributed by atoms with Crippen LogP contribution in [-0.4, -0.2) is 17.6 Å². The van der Waals surface area contributed by atoms with E-state index in [1.54, 1.807) is 30.3 Å². The van der Waals surface area contributed by atoms with E-state index in [2.05, 4.69) is 10.6 Å². The molecule has 4 nitrogen and oxygen atoms in total. The van der Waals surface area contributed by atoms with Crippen molar-refractivity contribution >= 4 is 46.6 Å². The van der Waals surface area contributed by atoms with E-state index < -0.39 is 0 Å². The number of hydrogen-bond donors (Lipinski definition) is 2. The molecule has 0 aliphatic rings. The van der Waals surface area contributed by atoms with Gasteiger partial charge in [0.25, 0.3) is 5.91 Å². The highest BCUT2D eigenvalue weighted by atomic mass is 35.5. The van der Waals surface area contributed by atoms with E-state index in [0.717, 1.165) is 10.5 Å². The van der Waals surface area contributed by atoms with Gasteiger partial charge in [0, 0.05) is 26.9 Å². The van der Waals surface area contributed by atoms with Crippen molar-refractivity contribution in [1.29, 1.82) is 0 Å². The summed E-state index contributed by atoms with van der Waals surface area (Å²) in [5.41, 5.74) is 2.96. The lowest BCUT2D eigenvalue weighted by Crippen LogP contribution is -2.14. The number of anilines is 2. The lowest BCUT2D eigenvalue weighted by atomic mass is 10.1. The van der Waals surface area contributed by atoms with Gasteiger partial charge in [-0.15, -0.1) is 11.8 Å². The lowest BCUT2D eigenvalue weighted by molar-refractivity contribution is -0.113. The van der Waals surface area contributed by atoms with E-state index in [1.807, 2.05) is 49.4 Å². The number of carbonyl (C=O) groups excluding carboxylic acids is 2. The summed E-state index contributed by atoms with van der Waals surface area (Å²) in [6, 6.07) is 21.9. The van der Waals surface area contributed by atoms with Crippen molar-refractivity contribution in [2.75, 3.05) is 16.4 Å². The molecule has 142 valence electrons. The molecule has 6 heteroatoms. The highest BCUT2D eigenvalue weighted by Gasteiger charge is 2.09. The van der Waals surface area contributed by atoms with Crippen LogP contribution in [0.25, 0.3) is 0 Å². The van der Waals surface area contributed by atoms with Crippen LogP contribution in [0.2, 0.25) is 5.02 Å². The SMILES string of the molecule is Cc1ccccc1C(=O)Nc1ccc(SCC(=O)Nc2cccc(Cl)c2)cc1. The zero-order valence-electron chi connectivity index (χ0n) is 15.2. The Kier molecular flexibility index (Phi) is 6.74. The van der Waals surface area contributed by atoms with Gasteiger partial charge < -0.3 is 10.6 Å².